The molecular weight excluding hydrogens is 219 g/mol. The summed E-state index contributed by atoms with van der Waals surface area (Å²) in [4.78, 5) is 0. The zero-order chi connectivity index (χ0) is 11.2. The lowest BCUT2D eigenvalue weighted by Gasteiger charge is -2.11. The van der Waals surface area contributed by atoms with Crippen molar-refractivity contribution in [2.45, 2.75) is 25.0 Å². The van der Waals surface area contributed by atoms with Crippen molar-refractivity contribution in [3.63, 3.8) is 0 Å². The SMILES string of the molecule is CC(CCN)S(=O)CCOC(F)(F)F. The van der Waals surface area contributed by atoms with Crippen LogP contribution in [0.4, 0.5) is 13.2 Å². The molecule has 0 spiro atoms. The molecule has 2 N–H and O–H groups in total. The fourth-order valence-electron chi connectivity index (χ4n) is 0.807. The van der Waals surface area contributed by atoms with Crippen molar-refractivity contribution in [3.8, 4) is 0 Å². The van der Waals surface area contributed by atoms with Crippen LogP contribution in [0.2, 0.25) is 0 Å². The Morgan fingerprint density at radius 3 is 2.50 bits per heavy atom. The van der Waals surface area contributed by atoms with E-state index in [9.17, 15) is 17.4 Å². The number of nitrogens with two attached hydrogens (primary N) is 1. The molecule has 14 heavy (non-hydrogen) atoms. The second-order valence-corrected chi connectivity index (χ2v) is 4.74. The Morgan fingerprint density at radius 2 is 2.07 bits per heavy atom. The van der Waals surface area contributed by atoms with E-state index in [4.69, 9.17) is 5.73 Å². The van der Waals surface area contributed by atoms with Gasteiger partial charge in [-0.15, -0.1) is 13.2 Å². The van der Waals surface area contributed by atoms with Crippen LogP contribution in [-0.4, -0.2) is 34.7 Å². The van der Waals surface area contributed by atoms with Gasteiger partial charge in [-0.3, -0.25) is 8.95 Å². The van der Waals surface area contributed by atoms with Crippen molar-refractivity contribution in [2.75, 3.05) is 18.9 Å². The molecule has 3 nitrogen and oxygen atoms in total. The summed E-state index contributed by atoms with van der Waals surface area (Å²) in [5.41, 5.74) is 5.22. The molecule has 0 bridgehead atoms. The highest BCUT2D eigenvalue weighted by Gasteiger charge is 2.29. The van der Waals surface area contributed by atoms with Gasteiger partial charge in [-0.05, 0) is 13.0 Å². The quantitative estimate of drug-likeness (QED) is 0.745. The largest absolute Gasteiger partial charge is 0.522 e. The zero-order valence-electron chi connectivity index (χ0n) is 7.84. The molecule has 0 rings (SSSR count). The number of halogens is 3. The predicted molar refractivity (Wildman–Crippen MR) is 48.1 cm³/mol. The number of ether oxygens (including phenoxy) is 1. The van der Waals surface area contributed by atoms with E-state index in [2.05, 4.69) is 4.74 Å². The van der Waals surface area contributed by atoms with Gasteiger partial charge in [-0.2, -0.15) is 0 Å². The third kappa shape index (κ3) is 7.28. The van der Waals surface area contributed by atoms with Gasteiger partial charge in [-0.1, -0.05) is 6.92 Å². The summed E-state index contributed by atoms with van der Waals surface area (Å²) in [5, 5.41) is -0.183. The van der Waals surface area contributed by atoms with Gasteiger partial charge in [0.25, 0.3) is 0 Å². The highest BCUT2D eigenvalue weighted by atomic mass is 32.2. The molecule has 2 unspecified atom stereocenters. The van der Waals surface area contributed by atoms with Crippen LogP contribution in [0.5, 0.6) is 0 Å². The van der Waals surface area contributed by atoms with Crippen molar-refractivity contribution in [1.82, 2.24) is 0 Å². The summed E-state index contributed by atoms with van der Waals surface area (Å²) < 4.78 is 49.3. The van der Waals surface area contributed by atoms with Gasteiger partial charge in [-0.25, -0.2) is 0 Å². The van der Waals surface area contributed by atoms with E-state index < -0.39 is 23.8 Å². The molecular formula is C7H14F3NO2S. The Bertz CT molecular complexity index is 186. The Morgan fingerprint density at radius 1 is 1.50 bits per heavy atom. The second-order valence-electron chi connectivity index (χ2n) is 2.77. The summed E-state index contributed by atoms with van der Waals surface area (Å²) in [6, 6.07) is 0. The van der Waals surface area contributed by atoms with E-state index in [0.717, 1.165) is 0 Å². The average Bonchev–Trinajstić information content (AvgIpc) is 2.02. The molecule has 2 atom stereocenters. The highest BCUT2D eigenvalue weighted by Crippen LogP contribution is 2.15. The van der Waals surface area contributed by atoms with Gasteiger partial charge in [0.15, 0.2) is 0 Å². The minimum absolute atomic E-state index is 0.110. The maximum absolute atomic E-state index is 11.5. The molecule has 0 aliphatic carbocycles. The van der Waals surface area contributed by atoms with E-state index in [-0.39, 0.29) is 11.0 Å². The van der Waals surface area contributed by atoms with Crippen molar-refractivity contribution in [1.29, 1.82) is 0 Å². The van der Waals surface area contributed by atoms with Gasteiger partial charge < -0.3 is 5.73 Å². The van der Waals surface area contributed by atoms with Crippen molar-refractivity contribution in [3.05, 3.63) is 0 Å². The van der Waals surface area contributed by atoms with Crippen LogP contribution >= 0.6 is 0 Å². The van der Waals surface area contributed by atoms with Crippen molar-refractivity contribution >= 4 is 10.8 Å². The van der Waals surface area contributed by atoms with Crippen LogP contribution in [0.15, 0.2) is 0 Å². The van der Waals surface area contributed by atoms with E-state index in [1.807, 2.05) is 0 Å². The van der Waals surface area contributed by atoms with Crippen LogP contribution in [0, 0.1) is 0 Å². The van der Waals surface area contributed by atoms with Gasteiger partial charge >= 0.3 is 6.36 Å². The lowest BCUT2D eigenvalue weighted by atomic mass is 10.3. The van der Waals surface area contributed by atoms with Crippen LogP contribution in [0.25, 0.3) is 0 Å². The minimum Gasteiger partial charge on any atom is -0.330 e. The maximum Gasteiger partial charge on any atom is 0.522 e. The van der Waals surface area contributed by atoms with Crippen LogP contribution in [-0.2, 0) is 15.5 Å². The predicted octanol–water partition coefficient (Wildman–Crippen LogP) is 1.01. The molecule has 0 heterocycles. The topological polar surface area (TPSA) is 52.3 Å². The van der Waals surface area contributed by atoms with Crippen LogP contribution in [0.1, 0.15) is 13.3 Å². The normalized spacial score (nSPS) is 16.6. The van der Waals surface area contributed by atoms with Gasteiger partial charge in [0.2, 0.25) is 0 Å². The number of alkyl halides is 3. The first-order valence-corrected chi connectivity index (χ1v) is 5.53. The molecule has 0 aromatic heterocycles. The summed E-state index contributed by atoms with van der Waals surface area (Å²) in [6.45, 7) is 1.51. The Hall–Kier alpha value is -0.140. The van der Waals surface area contributed by atoms with Crippen LogP contribution in [0.3, 0.4) is 0 Å². The lowest BCUT2D eigenvalue weighted by Crippen LogP contribution is -2.23. The molecule has 0 aromatic carbocycles. The molecule has 0 saturated heterocycles. The van der Waals surface area contributed by atoms with E-state index in [1.165, 1.54) is 0 Å². The standard InChI is InChI=1S/C7H14F3NO2S/c1-6(2-3-11)14(12)5-4-13-7(8,9)10/h6H,2-5,11H2,1H3. The molecule has 7 heteroatoms. The number of rotatable bonds is 6. The third-order valence-corrected chi connectivity index (χ3v) is 3.27. The molecule has 0 radical (unpaired) electrons. The summed E-state index contributed by atoms with van der Waals surface area (Å²) >= 11 is 0. The number of hydrogen-bond donors (Lipinski definition) is 1. The summed E-state index contributed by atoms with van der Waals surface area (Å²) in [7, 11) is -1.30. The molecule has 0 aliphatic rings. The van der Waals surface area contributed by atoms with E-state index >= 15 is 0 Å². The zero-order valence-corrected chi connectivity index (χ0v) is 8.66. The Kier molecular flexibility index (Phi) is 6.30. The van der Waals surface area contributed by atoms with E-state index in [0.29, 0.717) is 13.0 Å². The first-order chi connectivity index (χ1) is 6.37. The summed E-state index contributed by atoms with van der Waals surface area (Å²) in [6.07, 6.45) is -4.10. The van der Waals surface area contributed by atoms with Crippen molar-refractivity contribution < 1.29 is 22.1 Å². The van der Waals surface area contributed by atoms with Crippen molar-refractivity contribution in [2.24, 2.45) is 5.73 Å². The van der Waals surface area contributed by atoms with Gasteiger partial charge in [0.05, 0.1) is 6.61 Å². The molecule has 0 aromatic rings. The molecule has 0 fully saturated rings. The average molecular weight is 233 g/mol. The first kappa shape index (κ1) is 13.9. The second kappa shape index (κ2) is 6.36. The van der Waals surface area contributed by atoms with E-state index in [1.54, 1.807) is 6.92 Å². The molecule has 0 aliphatic heterocycles. The smallest absolute Gasteiger partial charge is 0.330 e. The molecule has 86 valence electrons. The van der Waals surface area contributed by atoms with Gasteiger partial charge in [0.1, 0.15) is 0 Å². The van der Waals surface area contributed by atoms with Gasteiger partial charge in [0, 0.05) is 21.8 Å². The fourth-order valence-corrected chi connectivity index (χ4v) is 1.86. The highest BCUT2D eigenvalue weighted by molar-refractivity contribution is 7.85. The van der Waals surface area contributed by atoms with Crippen LogP contribution < -0.4 is 5.73 Å². The lowest BCUT2D eigenvalue weighted by molar-refractivity contribution is -0.322. The number of hydrogen-bond acceptors (Lipinski definition) is 3. The fraction of sp³-hybridized carbons (Fsp3) is 1.00. The Labute approximate surface area is 83.3 Å². The Balaban J connectivity index is 3.64. The minimum atomic E-state index is -4.64. The maximum atomic E-state index is 11.5. The first-order valence-electron chi connectivity index (χ1n) is 4.14. The third-order valence-electron chi connectivity index (χ3n) is 1.57. The molecule has 0 saturated carbocycles. The monoisotopic (exact) mass is 233 g/mol. The molecule has 0 amide bonds. The summed E-state index contributed by atoms with van der Waals surface area (Å²) in [5.74, 6) is -0.110.